The fourth-order valence-corrected chi connectivity index (χ4v) is 4.11. The Balaban J connectivity index is 2.00. The topological polar surface area (TPSA) is 62.3 Å². The number of amides is 2. The normalized spacial score (nSPS) is 15.7. The monoisotopic (exact) mass is 419 g/mol. The van der Waals surface area contributed by atoms with Crippen molar-refractivity contribution in [2.45, 2.75) is 70.4 Å². The van der Waals surface area contributed by atoms with Crippen molar-refractivity contribution in [3.63, 3.8) is 0 Å². The molecular weight excluding hydrogens is 386 g/mol. The third-order valence-corrected chi connectivity index (χ3v) is 5.88. The van der Waals surface area contributed by atoms with Gasteiger partial charge in [0.2, 0.25) is 5.91 Å². The highest BCUT2D eigenvalue weighted by atomic mass is 16.2. The van der Waals surface area contributed by atoms with E-state index in [9.17, 15) is 9.59 Å². The number of nitrogens with zero attached hydrogens (tertiary/aromatic N) is 2. The molecule has 0 saturated heterocycles. The van der Waals surface area contributed by atoms with E-state index < -0.39 is 6.04 Å². The maximum atomic E-state index is 13.5. The first-order valence-corrected chi connectivity index (χ1v) is 11.1. The van der Waals surface area contributed by atoms with E-state index in [1.54, 1.807) is 18.5 Å². The molecule has 1 atom stereocenters. The first-order chi connectivity index (χ1) is 14.8. The van der Waals surface area contributed by atoms with E-state index in [0.29, 0.717) is 11.3 Å². The van der Waals surface area contributed by atoms with Gasteiger partial charge in [0.25, 0.3) is 5.91 Å². The highest BCUT2D eigenvalue weighted by molar-refractivity contribution is 6.06. The van der Waals surface area contributed by atoms with Gasteiger partial charge in [-0.3, -0.25) is 19.5 Å². The summed E-state index contributed by atoms with van der Waals surface area (Å²) in [6, 6.07) is 10.8. The van der Waals surface area contributed by atoms with Gasteiger partial charge in [0, 0.05) is 29.7 Å². The Bertz CT molecular complexity index is 894. The molecular formula is C26H33N3O2. The summed E-state index contributed by atoms with van der Waals surface area (Å²) in [5.41, 5.74) is 2.48. The quantitative estimate of drug-likeness (QED) is 0.664. The van der Waals surface area contributed by atoms with Crippen molar-refractivity contribution in [1.29, 1.82) is 0 Å². The SMILES string of the molecule is C=CC(=O)N(c1ccc(C(C)(C)C)cc1)[C@H](C(=O)NC1CCCCC1)c1cccnc1. The Hall–Kier alpha value is -2.95. The van der Waals surface area contributed by atoms with Crippen LogP contribution in [0.3, 0.4) is 0 Å². The van der Waals surface area contributed by atoms with Crippen LogP contribution in [0.2, 0.25) is 0 Å². The van der Waals surface area contributed by atoms with Crippen LogP contribution in [0.4, 0.5) is 5.69 Å². The Morgan fingerprint density at radius 3 is 2.35 bits per heavy atom. The maximum absolute atomic E-state index is 13.5. The predicted molar refractivity (Wildman–Crippen MR) is 125 cm³/mol. The summed E-state index contributed by atoms with van der Waals surface area (Å²) in [4.78, 5) is 32.2. The van der Waals surface area contributed by atoms with Crippen molar-refractivity contribution in [2.75, 3.05) is 4.90 Å². The van der Waals surface area contributed by atoms with Gasteiger partial charge in [0.15, 0.2) is 0 Å². The minimum absolute atomic E-state index is 0.00703. The van der Waals surface area contributed by atoms with Crippen molar-refractivity contribution in [3.05, 3.63) is 72.6 Å². The molecule has 0 radical (unpaired) electrons. The van der Waals surface area contributed by atoms with Gasteiger partial charge in [0.1, 0.15) is 6.04 Å². The lowest BCUT2D eigenvalue weighted by atomic mass is 9.87. The lowest BCUT2D eigenvalue weighted by Crippen LogP contribution is -2.47. The molecule has 164 valence electrons. The second kappa shape index (κ2) is 9.90. The molecule has 1 aliphatic carbocycles. The summed E-state index contributed by atoms with van der Waals surface area (Å²) < 4.78 is 0. The van der Waals surface area contributed by atoms with E-state index in [1.165, 1.54) is 17.4 Å². The van der Waals surface area contributed by atoms with Crippen LogP contribution in [0.25, 0.3) is 0 Å². The number of carbonyl (C=O) groups is 2. The van der Waals surface area contributed by atoms with Crippen molar-refractivity contribution < 1.29 is 9.59 Å². The number of hydrogen-bond donors (Lipinski definition) is 1. The van der Waals surface area contributed by atoms with Crippen molar-refractivity contribution >= 4 is 17.5 Å². The molecule has 2 aromatic rings. The molecule has 0 aliphatic heterocycles. The first-order valence-electron chi connectivity index (χ1n) is 11.1. The van der Waals surface area contributed by atoms with E-state index >= 15 is 0 Å². The number of carbonyl (C=O) groups excluding carboxylic acids is 2. The summed E-state index contributed by atoms with van der Waals surface area (Å²) >= 11 is 0. The first kappa shape index (κ1) is 22.7. The van der Waals surface area contributed by atoms with E-state index in [4.69, 9.17) is 0 Å². The fourth-order valence-electron chi connectivity index (χ4n) is 4.11. The molecule has 1 aliphatic rings. The van der Waals surface area contributed by atoms with Gasteiger partial charge in [-0.25, -0.2) is 0 Å². The molecule has 5 nitrogen and oxygen atoms in total. The van der Waals surface area contributed by atoms with Crippen LogP contribution in [0, 0.1) is 0 Å². The van der Waals surface area contributed by atoms with Crippen LogP contribution in [0.1, 0.15) is 70.0 Å². The number of pyridine rings is 1. The molecule has 0 spiro atoms. The van der Waals surface area contributed by atoms with Crippen molar-refractivity contribution in [3.8, 4) is 0 Å². The summed E-state index contributed by atoms with van der Waals surface area (Å²) in [5.74, 6) is -0.508. The van der Waals surface area contributed by atoms with Crippen LogP contribution < -0.4 is 10.2 Å². The summed E-state index contributed by atoms with van der Waals surface area (Å²) in [6.07, 6.45) is 9.96. The summed E-state index contributed by atoms with van der Waals surface area (Å²) in [6.45, 7) is 10.1. The van der Waals surface area contributed by atoms with Crippen LogP contribution in [-0.2, 0) is 15.0 Å². The zero-order valence-electron chi connectivity index (χ0n) is 18.8. The van der Waals surface area contributed by atoms with Gasteiger partial charge in [-0.1, -0.05) is 64.8 Å². The standard InChI is InChI=1S/C26H33N3O2/c1-5-23(30)29(22-15-13-20(14-16-22)26(2,3)4)24(19-10-9-17-27-18-19)25(31)28-21-11-7-6-8-12-21/h5,9-10,13-18,21,24H,1,6-8,11-12H2,2-4H3,(H,28,31)/t24-/m0/s1. The number of rotatable bonds is 6. The third kappa shape index (κ3) is 5.60. The van der Waals surface area contributed by atoms with Gasteiger partial charge >= 0.3 is 0 Å². The molecule has 5 heteroatoms. The molecule has 1 aromatic carbocycles. The number of anilines is 1. The van der Waals surface area contributed by atoms with Gasteiger partial charge in [-0.15, -0.1) is 0 Å². The predicted octanol–water partition coefficient (Wildman–Crippen LogP) is 5.09. The summed E-state index contributed by atoms with van der Waals surface area (Å²) in [7, 11) is 0. The molecule has 1 heterocycles. The molecule has 31 heavy (non-hydrogen) atoms. The van der Waals surface area contributed by atoms with E-state index in [2.05, 4.69) is 37.7 Å². The van der Waals surface area contributed by atoms with Crippen LogP contribution >= 0.6 is 0 Å². The molecule has 0 unspecified atom stereocenters. The Morgan fingerprint density at radius 1 is 1.13 bits per heavy atom. The number of hydrogen-bond acceptors (Lipinski definition) is 3. The zero-order chi connectivity index (χ0) is 22.4. The number of benzene rings is 1. The zero-order valence-corrected chi connectivity index (χ0v) is 18.8. The van der Waals surface area contributed by atoms with Crippen LogP contribution in [-0.4, -0.2) is 22.8 Å². The second-order valence-corrected chi connectivity index (χ2v) is 9.24. The second-order valence-electron chi connectivity index (χ2n) is 9.24. The maximum Gasteiger partial charge on any atom is 0.251 e. The molecule has 2 amide bonds. The largest absolute Gasteiger partial charge is 0.351 e. The van der Waals surface area contributed by atoms with Crippen LogP contribution in [0.15, 0.2) is 61.4 Å². The minimum Gasteiger partial charge on any atom is -0.351 e. The van der Waals surface area contributed by atoms with Gasteiger partial charge < -0.3 is 5.32 Å². The minimum atomic E-state index is -0.818. The smallest absolute Gasteiger partial charge is 0.251 e. The highest BCUT2D eigenvalue weighted by Gasteiger charge is 2.33. The Labute approximate surface area is 185 Å². The van der Waals surface area contributed by atoms with Crippen molar-refractivity contribution in [1.82, 2.24) is 10.3 Å². The average molecular weight is 420 g/mol. The number of nitrogens with one attached hydrogen (secondary N) is 1. The fraction of sp³-hybridized carbons (Fsp3) is 0.423. The highest BCUT2D eigenvalue weighted by Crippen LogP contribution is 2.31. The Kier molecular flexibility index (Phi) is 7.26. The third-order valence-electron chi connectivity index (χ3n) is 5.88. The molecule has 0 bridgehead atoms. The average Bonchev–Trinajstić information content (AvgIpc) is 2.77. The van der Waals surface area contributed by atoms with Gasteiger partial charge in [-0.05, 0) is 48.1 Å². The molecule has 1 aromatic heterocycles. The molecule has 1 saturated carbocycles. The molecule has 1 fully saturated rings. The van der Waals surface area contributed by atoms with Gasteiger partial charge in [0.05, 0.1) is 0 Å². The summed E-state index contributed by atoms with van der Waals surface area (Å²) in [5, 5.41) is 3.19. The van der Waals surface area contributed by atoms with E-state index in [0.717, 1.165) is 31.2 Å². The number of aromatic nitrogens is 1. The van der Waals surface area contributed by atoms with Gasteiger partial charge in [-0.2, -0.15) is 0 Å². The Morgan fingerprint density at radius 2 is 1.81 bits per heavy atom. The van der Waals surface area contributed by atoms with Crippen LogP contribution in [0.5, 0.6) is 0 Å². The lowest BCUT2D eigenvalue weighted by molar-refractivity contribution is -0.126. The molecule has 1 N–H and O–H groups in total. The van der Waals surface area contributed by atoms with E-state index in [1.807, 2.05) is 30.3 Å². The lowest BCUT2D eigenvalue weighted by Gasteiger charge is -2.33. The van der Waals surface area contributed by atoms with E-state index in [-0.39, 0.29) is 23.3 Å². The molecule has 3 rings (SSSR count). The van der Waals surface area contributed by atoms with Crippen molar-refractivity contribution in [2.24, 2.45) is 0 Å².